The van der Waals surface area contributed by atoms with Gasteiger partial charge in [0.05, 0.1) is 5.69 Å². The van der Waals surface area contributed by atoms with Crippen LogP contribution in [-0.4, -0.2) is 19.2 Å². The zero-order chi connectivity index (χ0) is 17.9. The number of carbonyl (C=O) groups excluding carboxylic acids is 2. The second kappa shape index (κ2) is 6.89. The summed E-state index contributed by atoms with van der Waals surface area (Å²) in [5, 5.41) is 4.68. The molecule has 3 aromatic rings. The Morgan fingerprint density at radius 2 is 1.96 bits per heavy atom. The molecule has 0 unspecified atom stereocenters. The van der Waals surface area contributed by atoms with Gasteiger partial charge < -0.3 is 14.8 Å². The predicted molar refractivity (Wildman–Crippen MR) is 99.9 cm³/mol. The van der Waals surface area contributed by atoms with E-state index < -0.39 is 6.03 Å². The predicted octanol–water partition coefficient (Wildman–Crippen LogP) is 4.34. The quantitative estimate of drug-likeness (QED) is 0.698. The van der Waals surface area contributed by atoms with Gasteiger partial charge in [-0.05, 0) is 41.3 Å². The van der Waals surface area contributed by atoms with Gasteiger partial charge in [0.2, 0.25) is 13.2 Å². The number of hydrogen-bond donors (Lipinski definition) is 1. The molecular weight excluding hydrogens is 352 g/mol. The van der Waals surface area contributed by atoms with Gasteiger partial charge >= 0.3 is 6.03 Å². The highest BCUT2D eigenvalue weighted by Crippen LogP contribution is 2.34. The van der Waals surface area contributed by atoms with E-state index in [1.54, 1.807) is 41.7 Å². The van der Waals surface area contributed by atoms with Crippen LogP contribution in [0.4, 0.5) is 16.2 Å². The number of nitrogens with zero attached hydrogens (tertiary/aromatic N) is 1. The molecule has 1 aliphatic heterocycles. The average molecular weight is 366 g/mol. The summed E-state index contributed by atoms with van der Waals surface area (Å²) in [5.74, 6) is 1.18. The molecule has 0 saturated carbocycles. The summed E-state index contributed by atoms with van der Waals surface area (Å²) in [5.41, 5.74) is 1.95. The number of anilines is 2. The van der Waals surface area contributed by atoms with Gasteiger partial charge in [-0.25, -0.2) is 9.69 Å². The molecule has 0 spiro atoms. The van der Waals surface area contributed by atoms with Crippen molar-refractivity contribution in [2.24, 2.45) is 0 Å². The summed E-state index contributed by atoms with van der Waals surface area (Å²) in [7, 11) is 0. The second-order valence-corrected chi connectivity index (χ2v) is 6.45. The molecule has 0 atom stereocenters. The normalized spacial score (nSPS) is 11.8. The Morgan fingerprint density at radius 1 is 1.08 bits per heavy atom. The third-order valence-electron chi connectivity index (χ3n) is 3.88. The van der Waals surface area contributed by atoms with Crippen LogP contribution in [0, 0.1) is 0 Å². The van der Waals surface area contributed by atoms with Crippen molar-refractivity contribution in [1.29, 1.82) is 0 Å². The summed E-state index contributed by atoms with van der Waals surface area (Å²) in [4.78, 5) is 26.2. The van der Waals surface area contributed by atoms with Crippen LogP contribution in [0.5, 0.6) is 11.5 Å². The van der Waals surface area contributed by atoms with Crippen LogP contribution in [0.3, 0.4) is 0 Å². The van der Waals surface area contributed by atoms with Gasteiger partial charge in [-0.3, -0.25) is 4.79 Å². The zero-order valence-electron chi connectivity index (χ0n) is 13.5. The molecule has 0 fully saturated rings. The van der Waals surface area contributed by atoms with E-state index in [4.69, 9.17) is 9.47 Å². The highest BCUT2D eigenvalue weighted by molar-refractivity contribution is 7.13. The smallest absolute Gasteiger partial charge is 0.332 e. The number of benzene rings is 2. The number of amides is 3. The second-order valence-electron chi connectivity index (χ2n) is 5.50. The van der Waals surface area contributed by atoms with Gasteiger partial charge in [-0.2, -0.15) is 0 Å². The molecule has 3 amide bonds. The van der Waals surface area contributed by atoms with Crippen molar-refractivity contribution in [2.75, 3.05) is 17.0 Å². The highest BCUT2D eigenvalue weighted by Gasteiger charge is 2.18. The standard InChI is InChI=1S/C19H14N2O4S/c22-11-21(15-4-1-3-13(9-15)18-5-2-8-26-18)19(23)20-14-6-7-16-17(10-14)25-12-24-16/h1-11H,12H2,(H,20,23). The first kappa shape index (κ1) is 16.2. The lowest BCUT2D eigenvalue weighted by molar-refractivity contribution is -0.106. The number of carbonyl (C=O) groups is 2. The van der Waals surface area contributed by atoms with Crippen molar-refractivity contribution in [3.63, 3.8) is 0 Å². The maximum atomic E-state index is 12.6. The molecule has 0 bridgehead atoms. The largest absolute Gasteiger partial charge is 0.454 e. The molecule has 0 radical (unpaired) electrons. The Morgan fingerprint density at radius 3 is 2.77 bits per heavy atom. The lowest BCUT2D eigenvalue weighted by Gasteiger charge is -2.17. The first-order chi connectivity index (χ1) is 12.7. The number of imide groups is 1. The number of hydrogen-bond acceptors (Lipinski definition) is 5. The summed E-state index contributed by atoms with van der Waals surface area (Å²) in [6.07, 6.45) is 0.496. The minimum atomic E-state index is -0.554. The first-order valence-corrected chi connectivity index (χ1v) is 8.72. The van der Waals surface area contributed by atoms with E-state index in [0.717, 1.165) is 15.3 Å². The number of fused-ring (bicyclic) bond motifs is 1. The van der Waals surface area contributed by atoms with Crippen LogP contribution >= 0.6 is 11.3 Å². The fourth-order valence-electron chi connectivity index (χ4n) is 2.64. The Kier molecular flexibility index (Phi) is 4.28. The summed E-state index contributed by atoms with van der Waals surface area (Å²) < 4.78 is 10.5. The van der Waals surface area contributed by atoms with Crippen LogP contribution in [0.1, 0.15) is 0 Å². The topological polar surface area (TPSA) is 67.9 Å². The van der Waals surface area contributed by atoms with Crippen molar-refractivity contribution in [3.8, 4) is 21.9 Å². The monoisotopic (exact) mass is 366 g/mol. The van der Waals surface area contributed by atoms with Crippen LogP contribution in [-0.2, 0) is 4.79 Å². The van der Waals surface area contributed by atoms with Crippen LogP contribution in [0.25, 0.3) is 10.4 Å². The summed E-state index contributed by atoms with van der Waals surface area (Å²) in [6, 6.07) is 15.7. The van der Waals surface area contributed by atoms with Gasteiger partial charge in [0.25, 0.3) is 0 Å². The van der Waals surface area contributed by atoms with Crippen molar-refractivity contribution >= 4 is 35.2 Å². The Bertz CT molecular complexity index is 956. The summed E-state index contributed by atoms with van der Waals surface area (Å²) in [6.45, 7) is 0.155. The number of nitrogens with one attached hydrogen (secondary N) is 1. The van der Waals surface area contributed by atoms with E-state index in [1.165, 1.54) is 0 Å². The Labute approximate surface area is 153 Å². The van der Waals surface area contributed by atoms with Gasteiger partial charge in [-0.1, -0.05) is 18.2 Å². The van der Waals surface area contributed by atoms with E-state index in [1.807, 2.05) is 29.6 Å². The Hall–Kier alpha value is -3.32. The molecule has 4 rings (SSSR count). The molecule has 2 aromatic carbocycles. The lowest BCUT2D eigenvalue weighted by atomic mass is 10.1. The fraction of sp³-hybridized carbons (Fsp3) is 0.0526. The third kappa shape index (κ3) is 3.12. The molecule has 1 N–H and O–H groups in total. The maximum Gasteiger partial charge on any atom is 0.332 e. The lowest BCUT2D eigenvalue weighted by Crippen LogP contribution is -2.33. The number of rotatable bonds is 4. The van der Waals surface area contributed by atoms with Gasteiger partial charge in [0.15, 0.2) is 11.5 Å². The van der Waals surface area contributed by atoms with E-state index in [0.29, 0.717) is 29.3 Å². The molecule has 1 aliphatic rings. The number of thiophene rings is 1. The van der Waals surface area contributed by atoms with Crippen molar-refractivity contribution < 1.29 is 19.1 Å². The van der Waals surface area contributed by atoms with Crippen molar-refractivity contribution in [2.45, 2.75) is 0 Å². The molecule has 26 heavy (non-hydrogen) atoms. The van der Waals surface area contributed by atoms with Gasteiger partial charge in [0, 0.05) is 16.6 Å². The van der Waals surface area contributed by atoms with Crippen molar-refractivity contribution in [1.82, 2.24) is 0 Å². The first-order valence-electron chi connectivity index (χ1n) is 7.84. The molecule has 0 saturated heterocycles. The fourth-order valence-corrected chi connectivity index (χ4v) is 3.36. The molecule has 1 aromatic heterocycles. The highest BCUT2D eigenvalue weighted by atomic mass is 32.1. The SMILES string of the molecule is O=CN(C(=O)Nc1ccc2c(c1)OCO2)c1cccc(-c2cccs2)c1. The van der Waals surface area contributed by atoms with E-state index in [2.05, 4.69) is 5.32 Å². The van der Waals surface area contributed by atoms with Crippen LogP contribution in [0.15, 0.2) is 60.0 Å². The molecule has 2 heterocycles. The molecule has 0 aliphatic carbocycles. The number of ether oxygens (including phenoxy) is 2. The molecule has 6 nitrogen and oxygen atoms in total. The van der Waals surface area contributed by atoms with Gasteiger partial charge in [0.1, 0.15) is 0 Å². The maximum absolute atomic E-state index is 12.6. The average Bonchev–Trinajstić information content (AvgIpc) is 3.34. The molecule has 130 valence electrons. The van der Waals surface area contributed by atoms with Crippen LogP contribution < -0.4 is 19.7 Å². The third-order valence-corrected chi connectivity index (χ3v) is 4.80. The molecule has 7 heteroatoms. The van der Waals surface area contributed by atoms with E-state index >= 15 is 0 Å². The minimum Gasteiger partial charge on any atom is -0.454 e. The van der Waals surface area contributed by atoms with E-state index in [9.17, 15) is 9.59 Å². The molecular formula is C19H14N2O4S. The van der Waals surface area contributed by atoms with E-state index in [-0.39, 0.29) is 6.79 Å². The van der Waals surface area contributed by atoms with Gasteiger partial charge in [-0.15, -0.1) is 11.3 Å². The van der Waals surface area contributed by atoms with Crippen molar-refractivity contribution in [3.05, 3.63) is 60.0 Å². The minimum absolute atomic E-state index is 0.155. The Balaban J connectivity index is 1.56. The van der Waals surface area contributed by atoms with Crippen LogP contribution in [0.2, 0.25) is 0 Å². The zero-order valence-corrected chi connectivity index (χ0v) is 14.4. The number of urea groups is 1. The summed E-state index contributed by atoms with van der Waals surface area (Å²) >= 11 is 1.59.